The third-order valence-electron chi connectivity index (χ3n) is 1.40. The van der Waals surface area contributed by atoms with E-state index >= 15 is 0 Å². The van der Waals surface area contributed by atoms with Crippen molar-refractivity contribution in [2.75, 3.05) is 46.6 Å². The summed E-state index contributed by atoms with van der Waals surface area (Å²) >= 11 is 0. The molecule has 0 aliphatic carbocycles. The van der Waals surface area contributed by atoms with Gasteiger partial charge in [0.2, 0.25) is 0 Å². The van der Waals surface area contributed by atoms with Crippen molar-refractivity contribution in [2.24, 2.45) is 5.73 Å². The molecule has 0 bridgehead atoms. The standard InChI is InChI=1S/C7H19N3O4S/c1-13-6-3-9-15(11,12)10-4-7-14-5-2-8/h9-10H,2-8H2,1H3. The molecule has 0 aliphatic heterocycles. The van der Waals surface area contributed by atoms with E-state index in [9.17, 15) is 8.42 Å². The third kappa shape index (κ3) is 10.0. The molecule has 7 nitrogen and oxygen atoms in total. The van der Waals surface area contributed by atoms with E-state index in [1.165, 1.54) is 7.11 Å². The van der Waals surface area contributed by atoms with Crippen molar-refractivity contribution < 1.29 is 17.9 Å². The molecule has 0 spiro atoms. The Morgan fingerprint density at radius 3 is 2.27 bits per heavy atom. The molecule has 0 rings (SSSR count). The maximum Gasteiger partial charge on any atom is 0.277 e. The fourth-order valence-electron chi connectivity index (χ4n) is 0.763. The molecule has 15 heavy (non-hydrogen) atoms. The van der Waals surface area contributed by atoms with Gasteiger partial charge in [-0.2, -0.15) is 17.9 Å². The van der Waals surface area contributed by atoms with Gasteiger partial charge >= 0.3 is 0 Å². The minimum absolute atomic E-state index is 0.225. The van der Waals surface area contributed by atoms with Crippen LogP contribution in [-0.4, -0.2) is 55.0 Å². The van der Waals surface area contributed by atoms with Gasteiger partial charge in [-0.05, 0) is 0 Å². The van der Waals surface area contributed by atoms with Crippen LogP contribution in [0.25, 0.3) is 0 Å². The van der Waals surface area contributed by atoms with Gasteiger partial charge in [0, 0.05) is 26.7 Å². The van der Waals surface area contributed by atoms with E-state index in [-0.39, 0.29) is 13.1 Å². The van der Waals surface area contributed by atoms with Gasteiger partial charge in [-0.3, -0.25) is 0 Å². The first-order valence-electron chi connectivity index (χ1n) is 4.63. The lowest BCUT2D eigenvalue weighted by molar-refractivity contribution is 0.147. The molecule has 8 heteroatoms. The van der Waals surface area contributed by atoms with Crippen LogP contribution in [0.15, 0.2) is 0 Å². The average molecular weight is 241 g/mol. The Balaban J connectivity index is 3.47. The Bertz CT molecular complexity index is 232. The smallest absolute Gasteiger partial charge is 0.277 e. The Morgan fingerprint density at radius 1 is 1.13 bits per heavy atom. The minimum Gasteiger partial charge on any atom is -0.383 e. The fraction of sp³-hybridized carbons (Fsp3) is 1.00. The molecule has 0 atom stereocenters. The predicted molar refractivity (Wildman–Crippen MR) is 56.7 cm³/mol. The van der Waals surface area contributed by atoms with E-state index in [1.54, 1.807) is 0 Å². The van der Waals surface area contributed by atoms with Crippen LogP contribution in [0.5, 0.6) is 0 Å². The summed E-state index contributed by atoms with van der Waals surface area (Å²) < 4.78 is 36.7. The summed E-state index contributed by atoms with van der Waals surface area (Å²) in [5.41, 5.74) is 5.19. The summed E-state index contributed by atoms with van der Waals surface area (Å²) in [7, 11) is -1.93. The monoisotopic (exact) mass is 241 g/mol. The number of ether oxygens (including phenoxy) is 2. The number of nitrogens with two attached hydrogens (primary N) is 1. The van der Waals surface area contributed by atoms with E-state index in [2.05, 4.69) is 9.44 Å². The van der Waals surface area contributed by atoms with Gasteiger partial charge < -0.3 is 15.2 Å². The van der Waals surface area contributed by atoms with Crippen LogP contribution in [0, 0.1) is 0 Å². The molecule has 4 N–H and O–H groups in total. The molecule has 0 unspecified atom stereocenters. The molecule has 0 aromatic heterocycles. The highest BCUT2D eigenvalue weighted by Crippen LogP contribution is 1.78. The van der Waals surface area contributed by atoms with E-state index in [1.807, 2.05) is 0 Å². The van der Waals surface area contributed by atoms with Gasteiger partial charge in [-0.1, -0.05) is 0 Å². The highest BCUT2D eigenvalue weighted by molar-refractivity contribution is 7.87. The second-order valence-corrected chi connectivity index (χ2v) is 4.27. The number of nitrogens with one attached hydrogen (secondary N) is 2. The van der Waals surface area contributed by atoms with E-state index < -0.39 is 10.2 Å². The SMILES string of the molecule is COCCNS(=O)(=O)NCCOCCN. The van der Waals surface area contributed by atoms with Gasteiger partial charge in [0.1, 0.15) is 0 Å². The fourth-order valence-corrected chi connectivity index (χ4v) is 1.57. The maximum atomic E-state index is 11.2. The quantitative estimate of drug-likeness (QED) is 0.385. The number of rotatable bonds is 10. The summed E-state index contributed by atoms with van der Waals surface area (Å²) in [4.78, 5) is 0. The molecule has 0 radical (unpaired) electrons. The topological polar surface area (TPSA) is 103 Å². The first kappa shape index (κ1) is 14.8. The second kappa shape index (κ2) is 9.01. The molecule has 0 amide bonds. The highest BCUT2D eigenvalue weighted by Gasteiger charge is 2.06. The van der Waals surface area contributed by atoms with Crippen LogP contribution < -0.4 is 15.2 Å². The molecular weight excluding hydrogens is 222 g/mol. The van der Waals surface area contributed by atoms with Crippen molar-refractivity contribution in [3.63, 3.8) is 0 Å². The summed E-state index contributed by atoms with van der Waals surface area (Å²) in [6.45, 7) is 1.97. The summed E-state index contributed by atoms with van der Waals surface area (Å²) in [5.74, 6) is 0. The lowest BCUT2D eigenvalue weighted by Gasteiger charge is -2.07. The number of methoxy groups -OCH3 is 1. The van der Waals surface area contributed by atoms with Crippen molar-refractivity contribution in [3.05, 3.63) is 0 Å². The molecule has 0 aliphatic rings. The molecule has 0 saturated heterocycles. The molecule has 0 fully saturated rings. The van der Waals surface area contributed by atoms with Crippen molar-refractivity contribution in [1.29, 1.82) is 0 Å². The van der Waals surface area contributed by atoms with Crippen molar-refractivity contribution in [3.8, 4) is 0 Å². The first-order valence-corrected chi connectivity index (χ1v) is 6.11. The van der Waals surface area contributed by atoms with Crippen molar-refractivity contribution >= 4 is 10.2 Å². The summed E-state index contributed by atoms with van der Waals surface area (Å²) in [6.07, 6.45) is 0. The predicted octanol–water partition coefficient (Wildman–Crippen LogP) is -1.97. The average Bonchev–Trinajstić information content (AvgIpc) is 2.17. The molecular formula is C7H19N3O4S. The van der Waals surface area contributed by atoms with Crippen LogP contribution in [0.3, 0.4) is 0 Å². The van der Waals surface area contributed by atoms with Gasteiger partial charge in [-0.25, -0.2) is 0 Å². The zero-order valence-electron chi connectivity index (χ0n) is 8.86. The van der Waals surface area contributed by atoms with Crippen LogP contribution >= 0.6 is 0 Å². The lowest BCUT2D eigenvalue weighted by atomic mass is 10.7. The summed E-state index contributed by atoms with van der Waals surface area (Å²) in [6, 6.07) is 0. The molecule has 92 valence electrons. The molecule has 0 saturated carbocycles. The maximum absolute atomic E-state index is 11.2. The minimum atomic E-state index is -3.43. The van der Waals surface area contributed by atoms with Crippen LogP contribution in [0.4, 0.5) is 0 Å². The Hall–Kier alpha value is -0.250. The van der Waals surface area contributed by atoms with Gasteiger partial charge in [0.25, 0.3) is 10.2 Å². The Morgan fingerprint density at radius 2 is 1.73 bits per heavy atom. The van der Waals surface area contributed by atoms with Gasteiger partial charge in [0.05, 0.1) is 19.8 Å². The third-order valence-corrected chi connectivity index (χ3v) is 2.57. The zero-order valence-corrected chi connectivity index (χ0v) is 9.68. The Kier molecular flexibility index (Phi) is 8.86. The van der Waals surface area contributed by atoms with Gasteiger partial charge in [-0.15, -0.1) is 0 Å². The van der Waals surface area contributed by atoms with Crippen LogP contribution in [-0.2, 0) is 19.7 Å². The molecule has 0 aromatic rings. The van der Waals surface area contributed by atoms with Crippen molar-refractivity contribution in [1.82, 2.24) is 9.44 Å². The van der Waals surface area contributed by atoms with E-state index in [0.29, 0.717) is 26.4 Å². The highest BCUT2D eigenvalue weighted by atomic mass is 32.2. The lowest BCUT2D eigenvalue weighted by Crippen LogP contribution is -2.39. The zero-order chi connectivity index (χ0) is 11.6. The van der Waals surface area contributed by atoms with Crippen LogP contribution in [0.1, 0.15) is 0 Å². The molecule has 0 heterocycles. The Labute approximate surface area is 90.5 Å². The normalized spacial score (nSPS) is 11.9. The largest absolute Gasteiger partial charge is 0.383 e. The van der Waals surface area contributed by atoms with Crippen LogP contribution in [0.2, 0.25) is 0 Å². The second-order valence-electron chi connectivity index (χ2n) is 2.69. The van der Waals surface area contributed by atoms with E-state index in [0.717, 1.165) is 0 Å². The number of hydrogen-bond acceptors (Lipinski definition) is 5. The summed E-state index contributed by atoms with van der Waals surface area (Å²) in [5, 5.41) is 0. The number of hydrogen-bond donors (Lipinski definition) is 3. The van der Waals surface area contributed by atoms with Gasteiger partial charge in [0.15, 0.2) is 0 Å². The van der Waals surface area contributed by atoms with E-state index in [4.69, 9.17) is 15.2 Å². The molecule has 0 aromatic carbocycles. The first-order chi connectivity index (χ1) is 7.12. The van der Waals surface area contributed by atoms with Crippen molar-refractivity contribution in [2.45, 2.75) is 0 Å².